The number of nitrogen functional groups attached to an aromatic ring is 1. The Morgan fingerprint density at radius 3 is 2.92 bits per heavy atom. The Morgan fingerprint density at radius 2 is 2.31 bits per heavy atom. The number of hydrogen-bond donors (Lipinski definition) is 2. The fourth-order valence-corrected chi connectivity index (χ4v) is 1.51. The Bertz CT molecular complexity index is 294. The molecular weight excluding hydrogens is 162 g/mol. The molecule has 1 fully saturated rings. The predicted octanol–water partition coefficient (Wildman–Crippen LogP) is 1.87. The molecule has 3 N–H and O–H groups in total. The molecule has 1 aromatic rings. The van der Waals surface area contributed by atoms with Crippen LogP contribution in [0.25, 0.3) is 0 Å². The van der Waals surface area contributed by atoms with E-state index in [0.717, 1.165) is 11.6 Å². The van der Waals surface area contributed by atoms with Crippen LogP contribution in [0.15, 0.2) is 18.5 Å². The zero-order valence-electron chi connectivity index (χ0n) is 7.83. The molecule has 1 unspecified atom stereocenters. The van der Waals surface area contributed by atoms with Gasteiger partial charge in [-0.1, -0.05) is 0 Å². The van der Waals surface area contributed by atoms with E-state index in [9.17, 15) is 0 Å². The summed E-state index contributed by atoms with van der Waals surface area (Å²) in [5.41, 5.74) is 7.37. The van der Waals surface area contributed by atoms with Gasteiger partial charge in [-0.15, -0.1) is 0 Å². The number of nitrogens with two attached hydrogens (primary N) is 1. The first kappa shape index (κ1) is 8.35. The molecule has 1 saturated carbocycles. The first-order valence-corrected chi connectivity index (χ1v) is 4.73. The highest BCUT2D eigenvalue weighted by molar-refractivity contribution is 5.51. The van der Waals surface area contributed by atoms with Crippen molar-refractivity contribution in [1.29, 1.82) is 0 Å². The van der Waals surface area contributed by atoms with E-state index in [0.29, 0.717) is 11.7 Å². The number of nitrogens with zero attached hydrogens (tertiary/aromatic N) is 1. The third-order valence-electron chi connectivity index (χ3n) is 2.48. The second kappa shape index (κ2) is 3.24. The fourth-order valence-electron chi connectivity index (χ4n) is 1.51. The van der Waals surface area contributed by atoms with Crippen LogP contribution in [-0.4, -0.2) is 11.0 Å². The van der Waals surface area contributed by atoms with E-state index in [1.807, 2.05) is 12.3 Å². The lowest BCUT2D eigenvalue weighted by Gasteiger charge is -2.13. The molecule has 1 aromatic heterocycles. The molecule has 0 aromatic carbocycles. The van der Waals surface area contributed by atoms with Gasteiger partial charge in [0.25, 0.3) is 0 Å². The maximum Gasteiger partial charge on any atom is 0.0549 e. The molecule has 0 radical (unpaired) electrons. The van der Waals surface area contributed by atoms with E-state index >= 15 is 0 Å². The van der Waals surface area contributed by atoms with Gasteiger partial charge in [0, 0.05) is 12.2 Å². The summed E-state index contributed by atoms with van der Waals surface area (Å²) in [7, 11) is 0. The summed E-state index contributed by atoms with van der Waals surface area (Å²) in [4.78, 5) is 4.03. The highest BCUT2D eigenvalue weighted by Gasteiger charge is 2.27. The molecule has 0 saturated heterocycles. The second-order valence-corrected chi connectivity index (χ2v) is 3.78. The molecule has 0 amide bonds. The summed E-state index contributed by atoms with van der Waals surface area (Å²) < 4.78 is 0. The van der Waals surface area contributed by atoms with Gasteiger partial charge in [-0.2, -0.15) is 0 Å². The molecule has 1 aliphatic carbocycles. The second-order valence-electron chi connectivity index (χ2n) is 3.78. The summed E-state index contributed by atoms with van der Waals surface area (Å²) in [6, 6.07) is 2.47. The van der Waals surface area contributed by atoms with Crippen LogP contribution < -0.4 is 11.1 Å². The van der Waals surface area contributed by atoms with E-state index in [1.165, 1.54) is 12.8 Å². The molecule has 1 atom stereocenters. The van der Waals surface area contributed by atoms with Gasteiger partial charge in [-0.05, 0) is 31.7 Å². The number of aromatic nitrogens is 1. The molecule has 0 spiro atoms. The van der Waals surface area contributed by atoms with Crippen molar-refractivity contribution in [2.75, 3.05) is 11.1 Å². The van der Waals surface area contributed by atoms with Crippen LogP contribution in [0.2, 0.25) is 0 Å². The molecule has 0 bridgehead atoms. The number of pyridine rings is 1. The van der Waals surface area contributed by atoms with Crippen molar-refractivity contribution >= 4 is 11.4 Å². The molecule has 3 nitrogen and oxygen atoms in total. The third-order valence-corrected chi connectivity index (χ3v) is 2.48. The Morgan fingerprint density at radius 1 is 1.54 bits per heavy atom. The van der Waals surface area contributed by atoms with Crippen LogP contribution in [0.4, 0.5) is 11.4 Å². The van der Waals surface area contributed by atoms with Crippen LogP contribution in [0.5, 0.6) is 0 Å². The van der Waals surface area contributed by atoms with Crippen molar-refractivity contribution in [3.63, 3.8) is 0 Å². The summed E-state index contributed by atoms with van der Waals surface area (Å²) in [5.74, 6) is 0.849. The van der Waals surface area contributed by atoms with Gasteiger partial charge in [0.1, 0.15) is 0 Å². The minimum absolute atomic E-state index is 0.545. The fraction of sp³-hybridized carbons (Fsp3) is 0.500. The molecule has 1 heterocycles. The van der Waals surface area contributed by atoms with Gasteiger partial charge >= 0.3 is 0 Å². The quantitative estimate of drug-likeness (QED) is 0.741. The van der Waals surface area contributed by atoms with Gasteiger partial charge in [0.05, 0.1) is 17.6 Å². The van der Waals surface area contributed by atoms with Crippen molar-refractivity contribution in [3.8, 4) is 0 Å². The van der Waals surface area contributed by atoms with E-state index < -0.39 is 0 Å². The zero-order chi connectivity index (χ0) is 9.26. The number of rotatable bonds is 3. The molecular formula is C10H15N3. The van der Waals surface area contributed by atoms with Crippen molar-refractivity contribution < 1.29 is 0 Å². The summed E-state index contributed by atoms with van der Waals surface area (Å²) in [6.07, 6.45) is 6.18. The van der Waals surface area contributed by atoms with Crippen LogP contribution in [-0.2, 0) is 0 Å². The standard InChI is InChI=1S/C10H15N3/c1-7(8-2-3-8)13-10-4-9(11)5-12-6-10/h4-8,13H,2-3,11H2,1H3. The van der Waals surface area contributed by atoms with Gasteiger partial charge < -0.3 is 11.1 Å². The highest BCUT2D eigenvalue weighted by atomic mass is 14.9. The number of anilines is 2. The van der Waals surface area contributed by atoms with Gasteiger partial charge in [0.2, 0.25) is 0 Å². The summed E-state index contributed by atoms with van der Waals surface area (Å²) in [5, 5.41) is 3.40. The monoisotopic (exact) mass is 177 g/mol. The lowest BCUT2D eigenvalue weighted by atomic mass is 10.2. The highest BCUT2D eigenvalue weighted by Crippen LogP contribution is 2.33. The SMILES string of the molecule is CC(Nc1cncc(N)c1)C1CC1. The Labute approximate surface area is 78.4 Å². The first-order valence-electron chi connectivity index (χ1n) is 4.73. The van der Waals surface area contributed by atoms with Gasteiger partial charge in [-0.3, -0.25) is 4.98 Å². The first-order chi connectivity index (χ1) is 6.25. The number of nitrogens with one attached hydrogen (secondary N) is 1. The van der Waals surface area contributed by atoms with Crippen LogP contribution >= 0.6 is 0 Å². The zero-order valence-corrected chi connectivity index (χ0v) is 7.83. The van der Waals surface area contributed by atoms with E-state index in [2.05, 4.69) is 17.2 Å². The smallest absolute Gasteiger partial charge is 0.0549 e. The lowest BCUT2D eigenvalue weighted by molar-refractivity contribution is 0.694. The van der Waals surface area contributed by atoms with E-state index in [-0.39, 0.29) is 0 Å². The van der Waals surface area contributed by atoms with Crippen LogP contribution in [0, 0.1) is 5.92 Å². The topological polar surface area (TPSA) is 50.9 Å². The maximum absolute atomic E-state index is 5.62. The van der Waals surface area contributed by atoms with Crippen LogP contribution in [0.1, 0.15) is 19.8 Å². The summed E-state index contributed by atoms with van der Waals surface area (Å²) in [6.45, 7) is 2.21. The summed E-state index contributed by atoms with van der Waals surface area (Å²) >= 11 is 0. The maximum atomic E-state index is 5.62. The Kier molecular flexibility index (Phi) is 2.08. The predicted molar refractivity (Wildman–Crippen MR) is 54.5 cm³/mol. The minimum Gasteiger partial charge on any atom is -0.397 e. The minimum atomic E-state index is 0.545. The normalized spacial score (nSPS) is 18.2. The average molecular weight is 177 g/mol. The molecule has 70 valence electrons. The lowest BCUT2D eigenvalue weighted by Crippen LogP contribution is -2.17. The molecule has 0 aliphatic heterocycles. The molecule has 2 rings (SSSR count). The Hall–Kier alpha value is -1.25. The van der Waals surface area contributed by atoms with E-state index in [4.69, 9.17) is 5.73 Å². The van der Waals surface area contributed by atoms with E-state index in [1.54, 1.807) is 6.20 Å². The van der Waals surface area contributed by atoms with Crippen LogP contribution in [0.3, 0.4) is 0 Å². The average Bonchev–Trinajstić information content (AvgIpc) is 2.85. The largest absolute Gasteiger partial charge is 0.397 e. The molecule has 1 aliphatic rings. The third kappa shape index (κ3) is 2.11. The Balaban J connectivity index is 2.00. The van der Waals surface area contributed by atoms with Gasteiger partial charge in [-0.25, -0.2) is 0 Å². The number of hydrogen-bond acceptors (Lipinski definition) is 3. The molecule has 3 heteroatoms. The van der Waals surface area contributed by atoms with Crippen molar-refractivity contribution in [1.82, 2.24) is 4.98 Å². The van der Waals surface area contributed by atoms with Crippen molar-refractivity contribution in [3.05, 3.63) is 18.5 Å². The van der Waals surface area contributed by atoms with Crippen molar-refractivity contribution in [2.45, 2.75) is 25.8 Å². The molecule has 13 heavy (non-hydrogen) atoms. The van der Waals surface area contributed by atoms with Gasteiger partial charge in [0.15, 0.2) is 0 Å². The van der Waals surface area contributed by atoms with Crippen molar-refractivity contribution in [2.24, 2.45) is 5.92 Å².